The lowest BCUT2D eigenvalue weighted by atomic mass is 9.87. The van der Waals surface area contributed by atoms with Gasteiger partial charge in [-0.25, -0.2) is 0 Å². The largest absolute Gasteiger partial charge is 0.361 e. The standard InChI is InChI=1S/C16H17N3/c1-19-9-5-4-8-16(19,12-17)10-13-11-18-15-7-3-2-6-14(13)15/h2-4,6-8,11,18H,5,9-10H2,1H3. The number of nitrogens with one attached hydrogen (secondary N) is 1. The van der Waals surface area contributed by atoms with Crippen LogP contribution in [0.5, 0.6) is 0 Å². The summed E-state index contributed by atoms with van der Waals surface area (Å²) < 4.78 is 0. The molecule has 0 saturated carbocycles. The van der Waals surface area contributed by atoms with E-state index in [0.717, 1.165) is 24.9 Å². The summed E-state index contributed by atoms with van der Waals surface area (Å²) in [7, 11) is 2.03. The van der Waals surface area contributed by atoms with E-state index in [1.165, 1.54) is 10.9 Å². The fraction of sp³-hybridized carbons (Fsp3) is 0.312. The smallest absolute Gasteiger partial charge is 0.131 e. The molecule has 96 valence electrons. The Morgan fingerprint density at radius 2 is 2.26 bits per heavy atom. The van der Waals surface area contributed by atoms with E-state index in [0.29, 0.717) is 0 Å². The third-order valence-corrected chi connectivity index (χ3v) is 4.03. The predicted molar refractivity (Wildman–Crippen MR) is 76.7 cm³/mol. The van der Waals surface area contributed by atoms with Crippen molar-refractivity contribution in [2.75, 3.05) is 13.6 Å². The maximum atomic E-state index is 9.63. The SMILES string of the molecule is CN1CCC=CC1(C#N)Cc1c[nH]c2ccccc12. The minimum absolute atomic E-state index is 0.511. The van der Waals surface area contributed by atoms with Crippen LogP contribution in [0.4, 0.5) is 0 Å². The van der Waals surface area contributed by atoms with Gasteiger partial charge in [0.1, 0.15) is 5.54 Å². The highest BCUT2D eigenvalue weighted by molar-refractivity contribution is 5.83. The van der Waals surface area contributed by atoms with Gasteiger partial charge < -0.3 is 4.98 Å². The van der Waals surface area contributed by atoms with Crippen LogP contribution in [0.15, 0.2) is 42.6 Å². The van der Waals surface area contributed by atoms with E-state index in [1.54, 1.807) is 0 Å². The van der Waals surface area contributed by atoms with Crippen molar-refractivity contribution in [2.45, 2.75) is 18.4 Å². The van der Waals surface area contributed by atoms with Crippen LogP contribution in [-0.2, 0) is 6.42 Å². The van der Waals surface area contributed by atoms with Gasteiger partial charge in [0.15, 0.2) is 0 Å². The van der Waals surface area contributed by atoms with Crippen LogP contribution < -0.4 is 0 Å². The average Bonchev–Trinajstić information content (AvgIpc) is 2.85. The molecular weight excluding hydrogens is 234 g/mol. The predicted octanol–water partition coefficient (Wildman–Crippen LogP) is 2.86. The molecular formula is C16H17N3. The second-order valence-corrected chi connectivity index (χ2v) is 5.18. The van der Waals surface area contributed by atoms with E-state index in [2.05, 4.69) is 40.2 Å². The Balaban J connectivity index is 2.02. The van der Waals surface area contributed by atoms with Crippen LogP contribution in [0.25, 0.3) is 10.9 Å². The highest BCUT2D eigenvalue weighted by Gasteiger charge is 2.34. The Kier molecular flexibility index (Phi) is 2.88. The fourth-order valence-corrected chi connectivity index (χ4v) is 2.80. The molecule has 3 nitrogen and oxygen atoms in total. The number of rotatable bonds is 2. The summed E-state index contributed by atoms with van der Waals surface area (Å²) in [6.45, 7) is 0.937. The molecule has 1 N–H and O–H groups in total. The maximum absolute atomic E-state index is 9.63. The number of aromatic amines is 1. The molecule has 2 aromatic rings. The van der Waals surface area contributed by atoms with Crippen LogP contribution in [0, 0.1) is 11.3 Å². The Hall–Kier alpha value is -2.05. The Morgan fingerprint density at radius 1 is 1.42 bits per heavy atom. The zero-order valence-electron chi connectivity index (χ0n) is 11.1. The highest BCUT2D eigenvalue weighted by Crippen LogP contribution is 2.28. The van der Waals surface area contributed by atoms with E-state index in [-0.39, 0.29) is 0 Å². The monoisotopic (exact) mass is 251 g/mol. The van der Waals surface area contributed by atoms with Crippen molar-refractivity contribution in [1.29, 1.82) is 5.26 Å². The van der Waals surface area contributed by atoms with Crippen molar-refractivity contribution in [3.05, 3.63) is 48.2 Å². The van der Waals surface area contributed by atoms with Crippen LogP contribution >= 0.6 is 0 Å². The highest BCUT2D eigenvalue weighted by atomic mass is 15.2. The number of hydrogen-bond donors (Lipinski definition) is 1. The zero-order chi connectivity index (χ0) is 13.3. The lowest BCUT2D eigenvalue weighted by Crippen LogP contribution is -2.47. The number of hydrogen-bond acceptors (Lipinski definition) is 2. The van der Waals surface area contributed by atoms with Crippen LogP contribution in [0.2, 0.25) is 0 Å². The van der Waals surface area contributed by atoms with E-state index in [4.69, 9.17) is 0 Å². The van der Waals surface area contributed by atoms with E-state index < -0.39 is 5.54 Å². The third-order valence-electron chi connectivity index (χ3n) is 4.03. The first-order valence-electron chi connectivity index (χ1n) is 6.60. The third kappa shape index (κ3) is 1.94. The first-order chi connectivity index (χ1) is 9.25. The zero-order valence-corrected chi connectivity index (χ0v) is 11.1. The van der Waals surface area contributed by atoms with E-state index in [9.17, 15) is 5.26 Å². The topological polar surface area (TPSA) is 42.8 Å². The number of fused-ring (bicyclic) bond motifs is 1. The molecule has 0 fully saturated rings. The van der Waals surface area contributed by atoms with E-state index in [1.807, 2.05) is 25.4 Å². The molecule has 3 heteroatoms. The minimum atomic E-state index is -0.511. The number of para-hydroxylation sites is 1. The quantitative estimate of drug-likeness (QED) is 0.834. The van der Waals surface area contributed by atoms with Crippen molar-refractivity contribution in [2.24, 2.45) is 0 Å². The molecule has 0 saturated heterocycles. The van der Waals surface area contributed by atoms with Gasteiger partial charge in [0.2, 0.25) is 0 Å². The summed E-state index contributed by atoms with van der Waals surface area (Å²) in [6.07, 6.45) is 7.95. The molecule has 1 aromatic heterocycles. The molecule has 1 atom stereocenters. The molecule has 0 spiro atoms. The van der Waals surface area contributed by atoms with Crippen LogP contribution in [-0.4, -0.2) is 29.0 Å². The van der Waals surface area contributed by atoms with Crippen molar-refractivity contribution < 1.29 is 0 Å². The summed E-state index contributed by atoms with van der Waals surface area (Å²) in [5, 5.41) is 10.8. The summed E-state index contributed by atoms with van der Waals surface area (Å²) in [6, 6.07) is 10.7. The number of likely N-dealkylation sites (N-methyl/N-ethyl adjacent to an activating group) is 1. The first-order valence-corrected chi connectivity index (χ1v) is 6.60. The van der Waals surface area contributed by atoms with Gasteiger partial charge in [-0.15, -0.1) is 0 Å². The second kappa shape index (κ2) is 4.56. The van der Waals surface area contributed by atoms with Gasteiger partial charge in [0.05, 0.1) is 6.07 Å². The normalized spacial score (nSPS) is 23.6. The number of H-pyrrole nitrogens is 1. The number of benzene rings is 1. The molecule has 1 aliphatic heterocycles. The van der Waals surface area contributed by atoms with Crippen molar-refractivity contribution in [3.8, 4) is 6.07 Å². The molecule has 0 amide bonds. The fourth-order valence-electron chi connectivity index (χ4n) is 2.80. The summed E-state index contributed by atoms with van der Waals surface area (Å²) >= 11 is 0. The van der Waals surface area contributed by atoms with Gasteiger partial charge in [-0.05, 0) is 25.1 Å². The van der Waals surface area contributed by atoms with Gasteiger partial charge in [-0.2, -0.15) is 5.26 Å². The maximum Gasteiger partial charge on any atom is 0.131 e. The molecule has 1 unspecified atom stereocenters. The van der Waals surface area contributed by atoms with Gasteiger partial charge in [-0.3, -0.25) is 4.90 Å². The summed E-state index contributed by atoms with van der Waals surface area (Å²) in [4.78, 5) is 5.43. The Bertz CT molecular complexity index is 662. The number of aromatic nitrogens is 1. The molecule has 19 heavy (non-hydrogen) atoms. The lowest BCUT2D eigenvalue weighted by Gasteiger charge is -2.36. The molecule has 0 radical (unpaired) electrons. The number of nitriles is 1. The van der Waals surface area contributed by atoms with Gasteiger partial charge in [0, 0.05) is 30.1 Å². The molecule has 0 aliphatic carbocycles. The van der Waals surface area contributed by atoms with Crippen molar-refractivity contribution in [3.63, 3.8) is 0 Å². The first kappa shape index (κ1) is 12.0. The number of nitrogens with zero attached hydrogens (tertiary/aromatic N) is 2. The molecule has 2 heterocycles. The van der Waals surface area contributed by atoms with Gasteiger partial charge in [-0.1, -0.05) is 30.4 Å². The van der Waals surface area contributed by atoms with Crippen molar-refractivity contribution >= 4 is 10.9 Å². The average molecular weight is 251 g/mol. The second-order valence-electron chi connectivity index (χ2n) is 5.18. The van der Waals surface area contributed by atoms with Crippen LogP contribution in [0.3, 0.4) is 0 Å². The van der Waals surface area contributed by atoms with Gasteiger partial charge >= 0.3 is 0 Å². The van der Waals surface area contributed by atoms with Gasteiger partial charge in [0.25, 0.3) is 0 Å². The summed E-state index contributed by atoms with van der Waals surface area (Å²) in [5.41, 5.74) is 1.83. The lowest BCUT2D eigenvalue weighted by molar-refractivity contribution is 0.213. The molecule has 1 aliphatic rings. The Morgan fingerprint density at radius 3 is 3.05 bits per heavy atom. The van der Waals surface area contributed by atoms with E-state index >= 15 is 0 Å². The molecule has 0 bridgehead atoms. The van der Waals surface area contributed by atoms with Crippen molar-refractivity contribution in [1.82, 2.24) is 9.88 Å². The summed E-state index contributed by atoms with van der Waals surface area (Å²) in [5.74, 6) is 0. The Labute approximate surface area is 113 Å². The molecule has 1 aromatic carbocycles. The molecule has 3 rings (SSSR count). The van der Waals surface area contributed by atoms with Crippen LogP contribution in [0.1, 0.15) is 12.0 Å². The minimum Gasteiger partial charge on any atom is -0.361 e.